The molecule has 1 N–H and O–H groups in total. The van der Waals surface area contributed by atoms with Gasteiger partial charge < -0.3 is 9.73 Å². The van der Waals surface area contributed by atoms with E-state index in [0.29, 0.717) is 0 Å². The average molecular weight is 498 g/mol. The van der Waals surface area contributed by atoms with E-state index < -0.39 is 0 Å². The van der Waals surface area contributed by atoms with Crippen molar-refractivity contribution in [2.75, 3.05) is 5.32 Å². The molecule has 0 fully saturated rings. The Morgan fingerprint density at radius 1 is 0.462 bits per heavy atom. The minimum Gasteiger partial charge on any atom is -0.456 e. The lowest BCUT2D eigenvalue weighted by molar-refractivity contribution is 0.669. The lowest BCUT2D eigenvalue weighted by Crippen LogP contribution is -2.25. The predicted octanol–water partition coefficient (Wildman–Crippen LogP) is 9.67. The number of fused-ring (bicyclic) bond motifs is 13. The molecule has 1 spiro atoms. The van der Waals surface area contributed by atoms with Gasteiger partial charge in [0.15, 0.2) is 0 Å². The van der Waals surface area contributed by atoms with E-state index in [1.807, 2.05) is 12.1 Å². The summed E-state index contributed by atoms with van der Waals surface area (Å²) < 4.78 is 6.19. The highest BCUT2D eigenvalue weighted by Crippen LogP contribution is 2.63. The van der Waals surface area contributed by atoms with Crippen LogP contribution in [0.1, 0.15) is 22.3 Å². The highest BCUT2D eigenvalue weighted by atomic mass is 16.3. The molecule has 1 aromatic heterocycles. The number of hydrogen-bond donors (Lipinski definition) is 1. The van der Waals surface area contributed by atoms with Gasteiger partial charge in [0.1, 0.15) is 11.2 Å². The second kappa shape index (κ2) is 7.49. The standard InChI is InChI=1S/C37H23NO/c1-5-14-29-24(10-1)25-11-2-6-15-30(25)37(29)31-16-7-3-13-28(31)36-32(37)17-9-18-33(36)38-23-20-21-27-26-12-4-8-19-34(26)39-35(27)22-23/h1-22,38H. The van der Waals surface area contributed by atoms with E-state index in [0.717, 1.165) is 33.3 Å². The van der Waals surface area contributed by atoms with Crippen molar-refractivity contribution in [3.63, 3.8) is 0 Å². The molecular formula is C37H23NO. The average Bonchev–Trinajstić information content (AvgIpc) is 3.61. The zero-order chi connectivity index (χ0) is 25.6. The molecule has 39 heavy (non-hydrogen) atoms. The van der Waals surface area contributed by atoms with E-state index in [1.165, 1.54) is 44.5 Å². The minimum atomic E-state index is -0.334. The topological polar surface area (TPSA) is 25.2 Å². The summed E-state index contributed by atoms with van der Waals surface area (Å²) in [6.07, 6.45) is 0. The third kappa shape index (κ3) is 2.60. The second-order valence-electron chi connectivity index (χ2n) is 10.5. The molecule has 0 saturated carbocycles. The fourth-order valence-electron chi connectivity index (χ4n) is 7.21. The van der Waals surface area contributed by atoms with E-state index >= 15 is 0 Å². The Hall–Kier alpha value is -5.08. The van der Waals surface area contributed by atoms with Crippen LogP contribution in [-0.4, -0.2) is 0 Å². The first-order chi connectivity index (χ1) is 19.3. The normalized spacial score (nSPS) is 13.8. The molecule has 2 heteroatoms. The van der Waals surface area contributed by atoms with Gasteiger partial charge in [-0.3, -0.25) is 0 Å². The summed E-state index contributed by atoms with van der Waals surface area (Å²) in [7, 11) is 0. The fraction of sp³-hybridized carbons (Fsp3) is 0.0270. The van der Waals surface area contributed by atoms with Crippen LogP contribution in [0.4, 0.5) is 11.4 Å². The maximum Gasteiger partial charge on any atom is 0.137 e. The first kappa shape index (κ1) is 20.9. The van der Waals surface area contributed by atoms with Crippen molar-refractivity contribution in [1.82, 2.24) is 0 Å². The molecule has 6 aromatic carbocycles. The van der Waals surface area contributed by atoms with Crippen molar-refractivity contribution in [3.8, 4) is 22.3 Å². The smallest absolute Gasteiger partial charge is 0.137 e. The number of furan rings is 1. The molecule has 2 nitrogen and oxygen atoms in total. The Bertz CT molecular complexity index is 2070. The minimum absolute atomic E-state index is 0.334. The molecule has 0 bridgehead atoms. The zero-order valence-corrected chi connectivity index (χ0v) is 21.1. The molecule has 7 aromatic rings. The second-order valence-corrected chi connectivity index (χ2v) is 10.5. The third-order valence-electron chi connectivity index (χ3n) is 8.68. The van der Waals surface area contributed by atoms with Crippen LogP contribution in [0, 0.1) is 0 Å². The van der Waals surface area contributed by atoms with Gasteiger partial charge in [0.25, 0.3) is 0 Å². The molecule has 2 aliphatic carbocycles. The molecule has 0 unspecified atom stereocenters. The lowest BCUT2D eigenvalue weighted by atomic mass is 9.70. The molecule has 1 heterocycles. The summed E-state index contributed by atoms with van der Waals surface area (Å²) in [6, 6.07) is 48.1. The van der Waals surface area contributed by atoms with Crippen LogP contribution in [0.3, 0.4) is 0 Å². The van der Waals surface area contributed by atoms with Crippen molar-refractivity contribution in [1.29, 1.82) is 0 Å². The molecule has 0 amide bonds. The van der Waals surface area contributed by atoms with E-state index in [9.17, 15) is 0 Å². The van der Waals surface area contributed by atoms with E-state index in [2.05, 4.69) is 127 Å². The van der Waals surface area contributed by atoms with E-state index in [1.54, 1.807) is 0 Å². The zero-order valence-electron chi connectivity index (χ0n) is 21.1. The number of rotatable bonds is 2. The summed E-state index contributed by atoms with van der Waals surface area (Å²) in [4.78, 5) is 0. The molecular weight excluding hydrogens is 474 g/mol. The molecule has 0 radical (unpaired) electrons. The maximum absolute atomic E-state index is 6.19. The first-order valence-corrected chi connectivity index (χ1v) is 13.4. The van der Waals surface area contributed by atoms with Crippen molar-refractivity contribution in [3.05, 3.63) is 156 Å². The summed E-state index contributed by atoms with van der Waals surface area (Å²) in [5.74, 6) is 0. The molecule has 0 aliphatic heterocycles. The summed E-state index contributed by atoms with van der Waals surface area (Å²) in [5.41, 5.74) is 14.2. The number of hydrogen-bond acceptors (Lipinski definition) is 2. The highest BCUT2D eigenvalue weighted by Gasteiger charge is 2.51. The van der Waals surface area contributed by atoms with Crippen molar-refractivity contribution < 1.29 is 4.42 Å². The first-order valence-electron chi connectivity index (χ1n) is 13.4. The maximum atomic E-state index is 6.19. The molecule has 182 valence electrons. The Morgan fingerprint density at radius 2 is 1.05 bits per heavy atom. The summed E-state index contributed by atoms with van der Waals surface area (Å²) >= 11 is 0. The number of para-hydroxylation sites is 1. The Labute approximate surface area is 226 Å². The van der Waals surface area contributed by atoms with Gasteiger partial charge in [-0.15, -0.1) is 0 Å². The van der Waals surface area contributed by atoms with Crippen LogP contribution >= 0.6 is 0 Å². The molecule has 2 aliphatic rings. The van der Waals surface area contributed by atoms with Gasteiger partial charge in [0.2, 0.25) is 0 Å². The Balaban J connectivity index is 1.28. The van der Waals surface area contributed by atoms with Gasteiger partial charge in [-0.25, -0.2) is 0 Å². The summed E-state index contributed by atoms with van der Waals surface area (Å²) in [6.45, 7) is 0. The van der Waals surface area contributed by atoms with Crippen LogP contribution in [-0.2, 0) is 5.41 Å². The fourth-order valence-corrected chi connectivity index (χ4v) is 7.21. The van der Waals surface area contributed by atoms with Gasteiger partial charge in [-0.2, -0.15) is 0 Å². The number of benzene rings is 6. The van der Waals surface area contributed by atoms with Crippen molar-refractivity contribution >= 4 is 33.3 Å². The van der Waals surface area contributed by atoms with Crippen molar-refractivity contribution in [2.45, 2.75) is 5.41 Å². The quantitative estimate of drug-likeness (QED) is 0.257. The van der Waals surface area contributed by atoms with Crippen molar-refractivity contribution in [2.24, 2.45) is 0 Å². The van der Waals surface area contributed by atoms with Crippen LogP contribution in [0.2, 0.25) is 0 Å². The van der Waals surface area contributed by atoms with Gasteiger partial charge >= 0.3 is 0 Å². The monoisotopic (exact) mass is 497 g/mol. The Kier molecular flexibility index (Phi) is 4.02. The van der Waals surface area contributed by atoms with E-state index in [-0.39, 0.29) is 5.41 Å². The number of anilines is 2. The lowest BCUT2D eigenvalue weighted by Gasteiger charge is -2.30. The highest BCUT2D eigenvalue weighted by molar-refractivity contribution is 6.06. The molecule has 0 saturated heterocycles. The third-order valence-corrected chi connectivity index (χ3v) is 8.68. The van der Waals surface area contributed by atoms with Crippen LogP contribution in [0.5, 0.6) is 0 Å². The van der Waals surface area contributed by atoms with Gasteiger partial charge in [-0.1, -0.05) is 103 Å². The SMILES string of the molecule is c1ccc2c(c1)-c1ccccc1C21c2ccccc2-c2c(Nc3ccc4c(c3)oc3ccccc34)cccc21. The van der Waals surface area contributed by atoms with Gasteiger partial charge in [0.05, 0.1) is 5.41 Å². The van der Waals surface area contributed by atoms with E-state index in [4.69, 9.17) is 4.42 Å². The molecule has 9 rings (SSSR count). The van der Waals surface area contributed by atoms with Crippen LogP contribution < -0.4 is 5.32 Å². The van der Waals surface area contributed by atoms with Crippen LogP contribution in [0.25, 0.3) is 44.2 Å². The van der Waals surface area contributed by atoms with Gasteiger partial charge in [0, 0.05) is 33.8 Å². The largest absolute Gasteiger partial charge is 0.456 e. The predicted molar refractivity (Wildman–Crippen MR) is 160 cm³/mol. The number of nitrogens with one attached hydrogen (secondary N) is 1. The Morgan fingerprint density at radius 3 is 1.82 bits per heavy atom. The summed E-state index contributed by atoms with van der Waals surface area (Å²) in [5, 5.41) is 6.06. The van der Waals surface area contributed by atoms with Crippen LogP contribution in [0.15, 0.2) is 138 Å². The van der Waals surface area contributed by atoms with Gasteiger partial charge in [-0.05, 0) is 63.2 Å². The molecule has 0 atom stereocenters.